The summed E-state index contributed by atoms with van der Waals surface area (Å²) in [4.78, 5) is 3.13. The van der Waals surface area contributed by atoms with Gasteiger partial charge in [0.2, 0.25) is 0 Å². The molecule has 1 unspecified atom stereocenters. The minimum Gasteiger partial charge on any atom is -0.337 e. The van der Waals surface area contributed by atoms with E-state index < -0.39 is 0 Å². The number of thioether (sulfide) groups is 1. The van der Waals surface area contributed by atoms with Crippen molar-refractivity contribution in [3.8, 4) is 0 Å². The Morgan fingerprint density at radius 1 is 1.57 bits per heavy atom. The van der Waals surface area contributed by atoms with Crippen LogP contribution in [0.15, 0.2) is 6.20 Å². The summed E-state index contributed by atoms with van der Waals surface area (Å²) in [5.74, 6) is 1.13. The lowest BCUT2D eigenvalue weighted by atomic mass is 10.2. The molecule has 1 N–H and O–H groups in total. The summed E-state index contributed by atoms with van der Waals surface area (Å²) in [6.45, 7) is 4.38. The summed E-state index contributed by atoms with van der Waals surface area (Å²) in [5, 5.41) is 0. The second kappa shape index (κ2) is 5.61. The van der Waals surface area contributed by atoms with Crippen LogP contribution in [0.5, 0.6) is 0 Å². The number of nitrogens with zero attached hydrogens (tertiary/aromatic N) is 1. The van der Waals surface area contributed by atoms with E-state index in [-0.39, 0.29) is 0 Å². The molecule has 1 rings (SSSR count). The Morgan fingerprint density at radius 3 is 2.79 bits per heavy atom. The highest BCUT2D eigenvalue weighted by molar-refractivity contribution is 7.98. The minimum absolute atomic E-state index is 0.540. The summed E-state index contributed by atoms with van der Waals surface area (Å²) >= 11 is 7.17. The van der Waals surface area contributed by atoms with Gasteiger partial charge >= 0.3 is 0 Å². The zero-order chi connectivity index (χ0) is 10.6. The molecule has 0 aliphatic carbocycles. The lowest BCUT2D eigenvalue weighted by Crippen LogP contribution is -2.13. The van der Waals surface area contributed by atoms with E-state index in [9.17, 15) is 0 Å². The third-order valence-corrected chi connectivity index (χ3v) is 3.48. The van der Waals surface area contributed by atoms with Crippen LogP contribution in [-0.2, 0) is 6.42 Å². The Kier molecular flexibility index (Phi) is 4.75. The number of imidazole rings is 1. The smallest absolute Gasteiger partial charge is 0.177 e. The topological polar surface area (TPSA) is 20.7 Å². The molecule has 80 valence electrons. The van der Waals surface area contributed by atoms with Crippen molar-refractivity contribution in [2.45, 2.75) is 32.7 Å². The van der Waals surface area contributed by atoms with Crippen molar-refractivity contribution in [1.82, 2.24) is 9.55 Å². The molecule has 1 atom stereocenters. The van der Waals surface area contributed by atoms with E-state index in [1.54, 1.807) is 0 Å². The maximum absolute atomic E-state index is 5.29. The molecule has 0 aliphatic rings. The van der Waals surface area contributed by atoms with Gasteiger partial charge in [-0.2, -0.15) is 11.8 Å². The summed E-state index contributed by atoms with van der Waals surface area (Å²) in [6.07, 6.45) is 6.36. The molecule has 1 aromatic heterocycles. The molecule has 14 heavy (non-hydrogen) atoms. The molecule has 0 saturated heterocycles. The highest BCUT2D eigenvalue weighted by atomic mass is 32.2. The molecular formula is C10H18N2S2. The molecule has 0 bridgehead atoms. The van der Waals surface area contributed by atoms with E-state index in [0.717, 1.165) is 23.4 Å². The highest BCUT2D eigenvalue weighted by Crippen LogP contribution is 2.19. The Labute approximate surface area is 95.1 Å². The van der Waals surface area contributed by atoms with Gasteiger partial charge in [-0.05, 0) is 31.3 Å². The van der Waals surface area contributed by atoms with Crippen molar-refractivity contribution < 1.29 is 0 Å². The molecule has 2 nitrogen and oxygen atoms in total. The second-order valence-corrected chi connectivity index (χ2v) is 4.62. The van der Waals surface area contributed by atoms with Crippen molar-refractivity contribution in [2.24, 2.45) is 0 Å². The van der Waals surface area contributed by atoms with E-state index in [4.69, 9.17) is 12.2 Å². The van der Waals surface area contributed by atoms with Gasteiger partial charge in [0.1, 0.15) is 0 Å². The van der Waals surface area contributed by atoms with Gasteiger partial charge in [-0.3, -0.25) is 0 Å². The first-order valence-corrected chi connectivity index (χ1v) is 6.82. The summed E-state index contributed by atoms with van der Waals surface area (Å²) in [7, 11) is 0. The predicted molar refractivity (Wildman–Crippen MR) is 66.7 cm³/mol. The second-order valence-electron chi connectivity index (χ2n) is 3.33. The standard InChI is InChI=1S/C10H18N2S2/c1-4-8-6-11-10(13)12(8)9(5-2)7-14-3/h6,9H,4-5,7H2,1-3H3,(H,11,13). The number of rotatable bonds is 5. The van der Waals surface area contributed by atoms with Crippen molar-refractivity contribution in [1.29, 1.82) is 0 Å². The number of aromatic amines is 1. The van der Waals surface area contributed by atoms with Crippen LogP contribution in [-0.4, -0.2) is 21.6 Å². The fourth-order valence-electron chi connectivity index (χ4n) is 1.65. The molecule has 0 spiro atoms. The van der Waals surface area contributed by atoms with E-state index >= 15 is 0 Å². The fourth-order valence-corrected chi connectivity index (χ4v) is 2.75. The number of hydrogen-bond donors (Lipinski definition) is 1. The van der Waals surface area contributed by atoms with Crippen molar-refractivity contribution >= 4 is 24.0 Å². The number of aromatic nitrogens is 2. The highest BCUT2D eigenvalue weighted by Gasteiger charge is 2.12. The molecule has 0 amide bonds. The Bertz CT molecular complexity index is 327. The van der Waals surface area contributed by atoms with Crippen LogP contribution in [0.3, 0.4) is 0 Å². The van der Waals surface area contributed by atoms with Crippen LogP contribution >= 0.6 is 24.0 Å². The van der Waals surface area contributed by atoms with Crippen molar-refractivity contribution in [2.75, 3.05) is 12.0 Å². The van der Waals surface area contributed by atoms with Crippen LogP contribution in [0.2, 0.25) is 0 Å². The Hall–Kier alpha value is -0.220. The van der Waals surface area contributed by atoms with Crippen molar-refractivity contribution in [3.63, 3.8) is 0 Å². The average molecular weight is 230 g/mol. The van der Waals surface area contributed by atoms with E-state index in [1.807, 2.05) is 18.0 Å². The quantitative estimate of drug-likeness (QED) is 0.782. The largest absolute Gasteiger partial charge is 0.337 e. The summed E-state index contributed by atoms with van der Waals surface area (Å²) < 4.78 is 3.13. The SMILES string of the molecule is CCc1c[nH]c(=S)n1C(CC)CSC. The van der Waals surface area contributed by atoms with Gasteiger partial charge in [0, 0.05) is 23.7 Å². The van der Waals surface area contributed by atoms with E-state index in [1.165, 1.54) is 5.69 Å². The number of hydrogen-bond acceptors (Lipinski definition) is 2. The maximum atomic E-state index is 5.29. The molecule has 1 aromatic rings. The van der Waals surface area contributed by atoms with Crippen LogP contribution in [0, 0.1) is 4.77 Å². The molecule has 0 aliphatic heterocycles. The molecule has 0 radical (unpaired) electrons. The zero-order valence-corrected chi connectivity index (χ0v) is 10.7. The molecule has 1 heterocycles. The van der Waals surface area contributed by atoms with Gasteiger partial charge in [-0.1, -0.05) is 13.8 Å². The van der Waals surface area contributed by atoms with Gasteiger partial charge in [-0.15, -0.1) is 0 Å². The van der Waals surface area contributed by atoms with Gasteiger partial charge in [-0.25, -0.2) is 0 Å². The molecule has 0 saturated carbocycles. The molecule has 4 heteroatoms. The van der Waals surface area contributed by atoms with Gasteiger partial charge < -0.3 is 9.55 Å². The van der Waals surface area contributed by atoms with Gasteiger partial charge in [0.25, 0.3) is 0 Å². The Morgan fingerprint density at radius 2 is 2.29 bits per heavy atom. The average Bonchev–Trinajstić information content (AvgIpc) is 2.56. The first-order chi connectivity index (χ1) is 6.74. The van der Waals surface area contributed by atoms with E-state index in [2.05, 4.69) is 29.7 Å². The Balaban J connectivity index is 3.00. The molecule has 0 aromatic carbocycles. The number of nitrogens with one attached hydrogen (secondary N) is 1. The summed E-state index contributed by atoms with van der Waals surface area (Å²) in [5.41, 5.74) is 1.32. The fraction of sp³-hybridized carbons (Fsp3) is 0.700. The van der Waals surface area contributed by atoms with Crippen LogP contribution < -0.4 is 0 Å². The van der Waals surface area contributed by atoms with Gasteiger partial charge in [0.15, 0.2) is 4.77 Å². The van der Waals surface area contributed by atoms with Crippen LogP contribution in [0.25, 0.3) is 0 Å². The number of aryl methyl sites for hydroxylation is 1. The number of H-pyrrole nitrogens is 1. The first kappa shape index (κ1) is 11.9. The van der Waals surface area contributed by atoms with Crippen LogP contribution in [0.1, 0.15) is 32.0 Å². The molecular weight excluding hydrogens is 212 g/mol. The lowest BCUT2D eigenvalue weighted by molar-refractivity contribution is 0.516. The third-order valence-electron chi connectivity index (χ3n) is 2.45. The monoisotopic (exact) mass is 230 g/mol. The predicted octanol–water partition coefficient (Wildman–Crippen LogP) is 3.42. The minimum atomic E-state index is 0.540. The van der Waals surface area contributed by atoms with Crippen molar-refractivity contribution in [3.05, 3.63) is 16.7 Å². The first-order valence-electron chi connectivity index (χ1n) is 5.02. The molecule has 0 fully saturated rings. The van der Waals surface area contributed by atoms with E-state index in [0.29, 0.717) is 6.04 Å². The third kappa shape index (κ3) is 2.42. The van der Waals surface area contributed by atoms with Gasteiger partial charge in [0.05, 0.1) is 0 Å². The zero-order valence-electron chi connectivity index (χ0n) is 9.04. The van der Waals surface area contributed by atoms with Crippen LogP contribution in [0.4, 0.5) is 0 Å². The maximum Gasteiger partial charge on any atom is 0.177 e. The summed E-state index contributed by atoms with van der Waals surface area (Å²) in [6, 6.07) is 0.540. The normalized spacial score (nSPS) is 13.1. The lowest BCUT2D eigenvalue weighted by Gasteiger charge is -2.18.